The molecule has 0 radical (unpaired) electrons. The third-order valence-corrected chi connectivity index (χ3v) is 6.98. The number of halogens is 1. The maximum atomic E-state index is 11.4. The van der Waals surface area contributed by atoms with E-state index in [-0.39, 0.29) is 10.6 Å². The molecule has 0 fully saturated rings. The van der Waals surface area contributed by atoms with Gasteiger partial charge in [0.1, 0.15) is 0 Å². The van der Waals surface area contributed by atoms with Crippen LogP contribution < -0.4 is 23.2 Å². The number of aryl methyl sites for hydroxylation is 1. The molecule has 2 heterocycles. The number of non-ortho nitro benzene ring substituents is 1. The minimum Gasteiger partial charge on any atom is -0.361 e. The number of aromatic nitrogens is 2. The number of hydrogen-bond acceptors (Lipinski definition) is 6. The SMILES string of the molecule is O=[N+]([O-])c1ccc2[nH]cc(CC[n+]3c(-c4ccccc4)cc(-c4ccccc4)cc3-c3ccccc3)c2c1.[O-][Cl+3]([O-])([O-])[O-]. The molecule has 2 aromatic heterocycles. The van der Waals surface area contributed by atoms with E-state index in [1.807, 2.05) is 24.4 Å². The first-order valence-electron chi connectivity index (χ1n) is 13.3. The minimum absolute atomic E-state index is 0.105. The molecule has 0 bridgehead atoms. The molecule has 0 atom stereocenters. The third-order valence-electron chi connectivity index (χ3n) is 6.98. The van der Waals surface area contributed by atoms with Crippen LogP contribution in [0.1, 0.15) is 5.56 Å². The van der Waals surface area contributed by atoms with Gasteiger partial charge in [-0.2, -0.15) is 4.57 Å². The van der Waals surface area contributed by atoms with E-state index in [2.05, 4.69) is 94.5 Å². The van der Waals surface area contributed by atoms with Crippen molar-refractivity contribution < 1.29 is 38.4 Å². The first-order chi connectivity index (χ1) is 20.7. The highest BCUT2D eigenvalue weighted by Gasteiger charge is 2.23. The molecule has 216 valence electrons. The van der Waals surface area contributed by atoms with Crippen LogP contribution in [0, 0.1) is 20.4 Å². The highest BCUT2D eigenvalue weighted by Crippen LogP contribution is 2.30. The molecule has 0 aliphatic rings. The van der Waals surface area contributed by atoms with E-state index in [4.69, 9.17) is 18.6 Å². The highest BCUT2D eigenvalue weighted by molar-refractivity contribution is 5.85. The molecule has 0 amide bonds. The predicted molar refractivity (Wildman–Crippen MR) is 152 cm³/mol. The van der Waals surface area contributed by atoms with Gasteiger partial charge in [-0.1, -0.05) is 66.7 Å². The number of fused-ring (bicyclic) bond motifs is 1. The van der Waals surface area contributed by atoms with Gasteiger partial charge in [0.15, 0.2) is 6.54 Å². The fraction of sp³-hybridized carbons (Fsp3) is 0.0606. The standard InChI is InChI=1S/C33H26N3O2.ClHO4/c37-36(38)29-16-17-31-30(22-29)27(23-34-31)18-19-35-32(25-12-6-2-7-13-25)20-28(24-10-4-1-5-11-24)21-33(35)26-14-8-3-9-15-26;2-1(3,4)5/h1-17,20-23,34H,18-19H2;(H,2,3,4,5)/q+1;/p-1. The van der Waals surface area contributed by atoms with Crippen LogP contribution in [-0.4, -0.2) is 9.91 Å². The van der Waals surface area contributed by atoms with E-state index in [9.17, 15) is 10.1 Å². The van der Waals surface area contributed by atoms with E-state index in [0.29, 0.717) is 6.54 Å². The molecule has 0 saturated carbocycles. The second kappa shape index (κ2) is 13.0. The summed E-state index contributed by atoms with van der Waals surface area (Å²) in [5, 5.41) is 12.3. The maximum Gasteiger partial charge on any atom is 0.270 e. The average Bonchev–Trinajstić information content (AvgIpc) is 3.42. The van der Waals surface area contributed by atoms with E-state index in [1.54, 1.807) is 18.2 Å². The number of aromatic amines is 1. The van der Waals surface area contributed by atoms with E-state index >= 15 is 0 Å². The molecule has 0 spiro atoms. The summed E-state index contributed by atoms with van der Waals surface area (Å²) in [6, 6.07) is 40.9. The molecule has 0 aliphatic carbocycles. The normalized spacial score (nSPS) is 11.2. The van der Waals surface area contributed by atoms with Gasteiger partial charge in [-0.05, 0) is 47.0 Å². The van der Waals surface area contributed by atoms with Crippen molar-refractivity contribution in [1.29, 1.82) is 0 Å². The predicted octanol–water partition coefficient (Wildman–Crippen LogP) is 2.85. The van der Waals surface area contributed by atoms with Crippen LogP contribution in [0.2, 0.25) is 0 Å². The third kappa shape index (κ3) is 7.49. The maximum absolute atomic E-state index is 11.4. The Labute approximate surface area is 249 Å². The fourth-order valence-corrected chi connectivity index (χ4v) is 5.08. The topological polar surface area (TPSA) is 155 Å². The molecule has 0 unspecified atom stereocenters. The molecule has 43 heavy (non-hydrogen) atoms. The van der Waals surface area contributed by atoms with Crippen LogP contribution in [0.4, 0.5) is 5.69 Å². The minimum atomic E-state index is -4.94. The number of nitro groups is 1. The first kappa shape index (κ1) is 29.6. The molecule has 10 heteroatoms. The number of nitrogens with one attached hydrogen (secondary N) is 1. The lowest BCUT2D eigenvalue weighted by atomic mass is 9.98. The molecule has 4 aromatic carbocycles. The highest BCUT2D eigenvalue weighted by atomic mass is 35.7. The second-order valence-corrected chi connectivity index (χ2v) is 10.4. The monoisotopic (exact) mass is 595 g/mol. The molecular weight excluding hydrogens is 570 g/mol. The molecule has 9 nitrogen and oxygen atoms in total. The second-order valence-electron chi connectivity index (χ2n) is 9.69. The number of nitro benzene ring substituents is 1. The van der Waals surface area contributed by atoms with E-state index in [0.717, 1.165) is 56.5 Å². The Kier molecular flexibility index (Phi) is 8.91. The summed E-state index contributed by atoms with van der Waals surface area (Å²) in [5.41, 5.74) is 8.90. The number of nitrogens with zero attached hydrogens (tertiary/aromatic N) is 2. The van der Waals surface area contributed by atoms with Crippen molar-refractivity contribution in [3.8, 4) is 33.6 Å². The van der Waals surface area contributed by atoms with Gasteiger partial charge in [-0.15, -0.1) is 10.2 Å². The Balaban J connectivity index is 0.000000682. The van der Waals surface area contributed by atoms with Gasteiger partial charge < -0.3 is 4.98 Å². The smallest absolute Gasteiger partial charge is 0.270 e. The molecule has 6 aromatic rings. The van der Waals surface area contributed by atoms with Gasteiger partial charge in [-0.25, -0.2) is 18.6 Å². The summed E-state index contributed by atoms with van der Waals surface area (Å²) in [4.78, 5) is 14.3. The summed E-state index contributed by atoms with van der Waals surface area (Å²) >= 11 is 0. The van der Waals surface area contributed by atoms with Crippen molar-refractivity contribution in [2.24, 2.45) is 0 Å². The van der Waals surface area contributed by atoms with Crippen molar-refractivity contribution >= 4 is 16.6 Å². The van der Waals surface area contributed by atoms with Crippen molar-refractivity contribution in [3.05, 3.63) is 143 Å². The lowest BCUT2D eigenvalue weighted by molar-refractivity contribution is -2.00. The zero-order chi connectivity index (χ0) is 30.4. The van der Waals surface area contributed by atoms with Gasteiger partial charge in [0.2, 0.25) is 11.4 Å². The Morgan fingerprint density at radius 2 is 1.14 bits per heavy atom. The first-order valence-corrected chi connectivity index (χ1v) is 14.5. The van der Waals surface area contributed by atoms with Gasteiger partial charge in [0.25, 0.3) is 5.69 Å². The lowest BCUT2D eigenvalue weighted by Gasteiger charge is -2.17. The average molecular weight is 596 g/mol. The van der Waals surface area contributed by atoms with Crippen molar-refractivity contribution in [2.45, 2.75) is 13.0 Å². The van der Waals surface area contributed by atoms with E-state index < -0.39 is 10.2 Å². The number of rotatable bonds is 7. The van der Waals surface area contributed by atoms with Crippen LogP contribution >= 0.6 is 0 Å². The lowest BCUT2D eigenvalue weighted by Crippen LogP contribution is -2.68. The summed E-state index contributed by atoms with van der Waals surface area (Å²) in [6.07, 6.45) is 2.69. The molecule has 0 saturated heterocycles. The summed E-state index contributed by atoms with van der Waals surface area (Å²) in [7, 11) is -4.94. The van der Waals surface area contributed by atoms with Gasteiger partial charge in [-0.3, -0.25) is 10.1 Å². The molecule has 6 rings (SSSR count). The number of pyridine rings is 1. The number of H-pyrrole nitrogens is 1. The van der Waals surface area contributed by atoms with Crippen LogP contribution in [0.5, 0.6) is 0 Å². The number of benzene rings is 4. The fourth-order valence-electron chi connectivity index (χ4n) is 5.08. The summed E-state index contributed by atoms with van der Waals surface area (Å²) in [6.45, 7) is 0.708. The molecule has 1 N–H and O–H groups in total. The van der Waals surface area contributed by atoms with Crippen LogP contribution in [0.25, 0.3) is 44.5 Å². The van der Waals surface area contributed by atoms with Gasteiger partial charge >= 0.3 is 0 Å². The van der Waals surface area contributed by atoms with Crippen LogP contribution in [-0.2, 0) is 13.0 Å². The zero-order valence-corrected chi connectivity index (χ0v) is 23.5. The Bertz CT molecular complexity index is 1770. The molecule has 0 aliphatic heterocycles. The zero-order valence-electron chi connectivity index (χ0n) is 22.8. The van der Waals surface area contributed by atoms with Gasteiger partial charge in [0, 0.05) is 58.9 Å². The Morgan fingerprint density at radius 1 is 0.651 bits per heavy atom. The van der Waals surface area contributed by atoms with Crippen molar-refractivity contribution in [1.82, 2.24) is 4.98 Å². The molecular formula is C33H26ClN3O6. The van der Waals surface area contributed by atoms with Crippen molar-refractivity contribution in [3.63, 3.8) is 0 Å². The summed E-state index contributed by atoms with van der Waals surface area (Å²) in [5.74, 6) is 0. The van der Waals surface area contributed by atoms with Crippen LogP contribution in [0.3, 0.4) is 0 Å². The van der Waals surface area contributed by atoms with Crippen molar-refractivity contribution in [2.75, 3.05) is 0 Å². The van der Waals surface area contributed by atoms with E-state index in [1.165, 1.54) is 0 Å². The largest absolute Gasteiger partial charge is 0.361 e. The van der Waals surface area contributed by atoms with Crippen LogP contribution in [0.15, 0.2) is 128 Å². The Morgan fingerprint density at radius 3 is 1.63 bits per heavy atom. The summed E-state index contributed by atoms with van der Waals surface area (Å²) < 4.78 is 36.3. The number of hydrogen-bond donors (Lipinski definition) is 1. The quantitative estimate of drug-likeness (QED) is 0.170. The van der Waals surface area contributed by atoms with Gasteiger partial charge in [0.05, 0.1) is 4.92 Å². The Hall–Kier alpha value is -4.90.